The van der Waals surface area contributed by atoms with Crippen LogP contribution in [0, 0.1) is 0 Å². The minimum absolute atomic E-state index is 0.0520. The highest BCUT2D eigenvalue weighted by Crippen LogP contribution is 2.26. The van der Waals surface area contributed by atoms with Crippen LogP contribution in [0.4, 0.5) is 0 Å². The molecule has 0 saturated carbocycles. The molecule has 0 aromatic carbocycles. The zero-order valence-corrected chi connectivity index (χ0v) is 12.0. The molecule has 1 aliphatic rings. The maximum absolute atomic E-state index is 12.5. The van der Waals surface area contributed by atoms with E-state index in [1.165, 1.54) is 6.42 Å². The fourth-order valence-electron chi connectivity index (χ4n) is 2.53. The van der Waals surface area contributed by atoms with Gasteiger partial charge in [-0.2, -0.15) is 0 Å². The Morgan fingerprint density at radius 2 is 1.89 bits per heavy atom. The van der Waals surface area contributed by atoms with Gasteiger partial charge in [0.2, 0.25) is 0 Å². The molecular formula is C13H16Cl2N2O. The maximum Gasteiger partial charge on any atom is 0.257 e. The van der Waals surface area contributed by atoms with Crippen LogP contribution >= 0.6 is 23.2 Å². The standard InChI is InChI=1S/C13H16Cl2N2O/c1-8-4-3-5-9(2)17(8)13(18)10-6-7-11(14)16-12(10)15/h6-9H,3-5H2,1-2H3/t8-,9+. The Morgan fingerprint density at radius 3 is 2.44 bits per heavy atom. The third kappa shape index (κ3) is 2.62. The molecule has 2 rings (SSSR count). The zero-order chi connectivity index (χ0) is 13.3. The summed E-state index contributed by atoms with van der Waals surface area (Å²) in [5.74, 6) is -0.0520. The van der Waals surface area contributed by atoms with Gasteiger partial charge in [0.25, 0.3) is 5.91 Å². The highest BCUT2D eigenvalue weighted by atomic mass is 35.5. The van der Waals surface area contributed by atoms with Crippen molar-refractivity contribution in [2.45, 2.75) is 45.2 Å². The molecule has 0 spiro atoms. The topological polar surface area (TPSA) is 33.2 Å². The summed E-state index contributed by atoms with van der Waals surface area (Å²) in [4.78, 5) is 18.3. The van der Waals surface area contributed by atoms with Gasteiger partial charge in [0.05, 0.1) is 5.56 Å². The van der Waals surface area contributed by atoms with Gasteiger partial charge in [0.1, 0.15) is 10.3 Å². The Balaban J connectivity index is 2.29. The van der Waals surface area contributed by atoms with Gasteiger partial charge in [-0.25, -0.2) is 4.98 Å². The van der Waals surface area contributed by atoms with Crippen molar-refractivity contribution in [2.75, 3.05) is 0 Å². The van der Waals surface area contributed by atoms with Crippen molar-refractivity contribution in [3.63, 3.8) is 0 Å². The van der Waals surface area contributed by atoms with Crippen LogP contribution in [0.5, 0.6) is 0 Å². The van der Waals surface area contributed by atoms with E-state index < -0.39 is 0 Å². The van der Waals surface area contributed by atoms with Crippen LogP contribution in [0.1, 0.15) is 43.5 Å². The second kappa shape index (κ2) is 5.45. The normalized spacial score (nSPS) is 24.1. The number of carbonyl (C=O) groups is 1. The van der Waals surface area contributed by atoms with Gasteiger partial charge in [0.15, 0.2) is 0 Å². The Labute approximate surface area is 117 Å². The number of hydrogen-bond donors (Lipinski definition) is 0. The van der Waals surface area contributed by atoms with Crippen LogP contribution in [-0.2, 0) is 0 Å². The summed E-state index contributed by atoms with van der Waals surface area (Å²) < 4.78 is 0. The lowest BCUT2D eigenvalue weighted by atomic mass is 9.96. The first-order valence-electron chi connectivity index (χ1n) is 6.15. The highest BCUT2D eigenvalue weighted by molar-refractivity contribution is 6.34. The van der Waals surface area contributed by atoms with Crippen LogP contribution in [0.15, 0.2) is 12.1 Å². The first-order valence-corrected chi connectivity index (χ1v) is 6.91. The van der Waals surface area contributed by atoms with Crippen LogP contribution in [-0.4, -0.2) is 27.9 Å². The number of amides is 1. The summed E-state index contributed by atoms with van der Waals surface area (Å²) in [6.45, 7) is 4.15. The number of likely N-dealkylation sites (tertiary alicyclic amines) is 1. The molecule has 0 unspecified atom stereocenters. The first-order chi connectivity index (χ1) is 8.50. The van der Waals surface area contributed by atoms with Crippen molar-refractivity contribution in [3.05, 3.63) is 28.0 Å². The molecule has 3 nitrogen and oxygen atoms in total. The lowest BCUT2D eigenvalue weighted by Crippen LogP contribution is -2.47. The summed E-state index contributed by atoms with van der Waals surface area (Å²) in [5.41, 5.74) is 0.432. The lowest BCUT2D eigenvalue weighted by Gasteiger charge is -2.39. The van der Waals surface area contributed by atoms with E-state index in [1.54, 1.807) is 12.1 Å². The number of halogens is 2. The molecule has 0 radical (unpaired) electrons. The second-order valence-corrected chi connectivity index (χ2v) is 5.56. The van der Waals surface area contributed by atoms with Crippen molar-refractivity contribution in [3.8, 4) is 0 Å². The number of rotatable bonds is 1. The average molecular weight is 287 g/mol. The number of pyridine rings is 1. The Kier molecular flexibility index (Phi) is 4.13. The van der Waals surface area contributed by atoms with Gasteiger partial charge in [-0.1, -0.05) is 23.2 Å². The first kappa shape index (κ1) is 13.6. The monoisotopic (exact) mass is 286 g/mol. The van der Waals surface area contributed by atoms with Crippen molar-refractivity contribution < 1.29 is 4.79 Å². The fraction of sp³-hybridized carbons (Fsp3) is 0.538. The molecule has 1 aromatic rings. The molecular weight excluding hydrogens is 271 g/mol. The third-order valence-corrected chi connectivity index (χ3v) is 3.97. The molecule has 0 N–H and O–H groups in total. The van der Waals surface area contributed by atoms with E-state index in [-0.39, 0.29) is 23.1 Å². The predicted molar refractivity (Wildman–Crippen MR) is 73.2 cm³/mol. The molecule has 1 fully saturated rings. The predicted octanol–water partition coefficient (Wildman–Crippen LogP) is 3.79. The SMILES string of the molecule is C[C@@H]1CCC[C@H](C)N1C(=O)c1ccc(Cl)nc1Cl. The van der Waals surface area contributed by atoms with Crippen molar-refractivity contribution >= 4 is 29.1 Å². The third-order valence-electron chi connectivity index (χ3n) is 3.47. The Morgan fingerprint density at radius 1 is 1.28 bits per heavy atom. The molecule has 0 bridgehead atoms. The molecule has 1 aliphatic heterocycles. The van der Waals surface area contributed by atoms with E-state index in [0.717, 1.165) is 12.8 Å². The van der Waals surface area contributed by atoms with Gasteiger partial charge < -0.3 is 4.90 Å². The average Bonchev–Trinajstić information content (AvgIpc) is 2.28. The molecule has 0 aliphatic carbocycles. The number of piperidine rings is 1. The molecule has 2 atom stereocenters. The fourth-order valence-corrected chi connectivity index (χ4v) is 2.96. The van der Waals surface area contributed by atoms with Gasteiger partial charge >= 0.3 is 0 Å². The van der Waals surface area contributed by atoms with E-state index in [1.807, 2.05) is 4.90 Å². The zero-order valence-electron chi connectivity index (χ0n) is 10.5. The largest absolute Gasteiger partial charge is 0.333 e. The molecule has 1 aromatic heterocycles. The number of nitrogens with zero attached hydrogens (tertiary/aromatic N) is 2. The molecule has 98 valence electrons. The maximum atomic E-state index is 12.5. The summed E-state index contributed by atoms with van der Waals surface area (Å²) in [7, 11) is 0. The highest BCUT2D eigenvalue weighted by Gasteiger charge is 2.30. The minimum Gasteiger partial charge on any atom is -0.333 e. The van der Waals surface area contributed by atoms with E-state index in [2.05, 4.69) is 18.8 Å². The van der Waals surface area contributed by atoms with Gasteiger partial charge in [0, 0.05) is 12.1 Å². The molecule has 2 heterocycles. The molecule has 18 heavy (non-hydrogen) atoms. The number of carbonyl (C=O) groups excluding carboxylic acids is 1. The van der Waals surface area contributed by atoms with E-state index in [4.69, 9.17) is 23.2 Å². The Hall–Kier alpha value is -0.800. The van der Waals surface area contributed by atoms with Gasteiger partial charge in [-0.3, -0.25) is 4.79 Å². The van der Waals surface area contributed by atoms with Crippen LogP contribution in [0.25, 0.3) is 0 Å². The molecule has 1 saturated heterocycles. The summed E-state index contributed by atoms with van der Waals surface area (Å²) in [6, 6.07) is 3.73. The van der Waals surface area contributed by atoms with Crippen molar-refractivity contribution in [1.29, 1.82) is 0 Å². The summed E-state index contributed by atoms with van der Waals surface area (Å²) in [6.07, 6.45) is 3.24. The van der Waals surface area contributed by atoms with Gasteiger partial charge in [-0.15, -0.1) is 0 Å². The quantitative estimate of drug-likeness (QED) is 0.736. The second-order valence-electron chi connectivity index (χ2n) is 4.81. The minimum atomic E-state index is -0.0520. The molecule has 5 heteroatoms. The van der Waals surface area contributed by atoms with E-state index in [9.17, 15) is 4.79 Å². The van der Waals surface area contributed by atoms with E-state index >= 15 is 0 Å². The summed E-state index contributed by atoms with van der Waals surface area (Å²) in [5, 5.41) is 0.480. The van der Waals surface area contributed by atoms with Crippen LogP contribution in [0.2, 0.25) is 10.3 Å². The van der Waals surface area contributed by atoms with Crippen molar-refractivity contribution in [1.82, 2.24) is 9.88 Å². The lowest BCUT2D eigenvalue weighted by molar-refractivity contribution is 0.0510. The summed E-state index contributed by atoms with van der Waals surface area (Å²) >= 11 is 11.7. The van der Waals surface area contributed by atoms with Crippen LogP contribution in [0.3, 0.4) is 0 Å². The van der Waals surface area contributed by atoms with E-state index in [0.29, 0.717) is 10.7 Å². The number of aromatic nitrogens is 1. The van der Waals surface area contributed by atoms with Gasteiger partial charge in [-0.05, 0) is 45.2 Å². The smallest absolute Gasteiger partial charge is 0.257 e. The van der Waals surface area contributed by atoms with Crippen molar-refractivity contribution in [2.24, 2.45) is 0 Å². The van der Waals surface area contributed by atoms with Crippen LogP contribution < -0.4 is 0 Å². The molecule has 1 amide bonds. The number of hydrogen-bond acceptors (Lipinski definition) is 2. The Bertz CT molecular complexity index is 454.